The number of fused-ring (bicyclic) bond motifs is 1. The van der Waals surface area contributed by atoms with Crippen molar-refractivity contribution in [1.82, 2.24) is 9.97 Å². The van der Waals surface area contributed by atoms with Crippen LogP contribution in [0.2, 0.25) is 0 Å². The molecule has 0 N–H and O–H groups in total. The zero-order chi connectivity index (χ0) is 13.1. The van der Waals surface area contributed by atoms with Gasteiger partial charge >= 0.3 is 0 Å². The van der Waals surface area contributed by atoms with E-state index >= 15 is 0 Å². The van der Waals surface area contributed by atoms with Crippen LogP contribution in [0, 0.1) is 0 Å². The van der Waals surface area contributed by atoms with Gasteiger partial charge in [-0.15, -0.1) is 0 Å². The lowest BCUT2D eigenvalue weighted by Gasteiger charge is -2.03. The summed E-state index contributed by atoms with van der Waals surface area (Å²) in [6.07, 6.45) is 10.8. The summed E-state index contributed by atoms with van der Waals surface area (Å²) in [6, 6.07) is 0. The summed E-state index contributed by atoms with van der Waals surface area (Å²) < 4.78 is 0. The first-order chi connectivity index (χ1) is 9.33. The molecule has 1 aromatic rings. The van der Waals surface area contributed by atoms with Gasteiger partial charge in [0.1, 0.15) is 10.4 Å². The Morgan fingerprint density at radius 2 is 2.16 bits per heavy atom. The van der Waals surface area contributed by atoms with Crippen molar-refractivity contribution in [2.75, 3.05) is 6.54 Å². The Morgan fingerprint density at radius 3 is 3.11 bits per heavy atom. The molecule has 0 unspecified atom stereocenters. The monoisotopic (exact) mass is 266 g/mol. The van der Waals surface area contributed by atoms with Crippen molar-refractivity contribution >= 4 is 23.7 Å². The van der Waals surface area contributed by atoms with E-state index in [0.717, 1.165) is 20.9 Å². The summed E-state index contributed by atoms with van der Waals surface area (Å²) in [5.41, 5.74) is 1.66. The predicted molar refractivity (Wildman–Crippen MR) is 77.0 cm³/mol. The lowest BCUT2D eigenvalue weighted by Crippen LogP contribution is -2.31. The number of aromatic nitrogens is 2. The molecular formula is C14H10N4S. The normalized spacial score (nSPS) is 20.9. The fourth-order valence-electron chi connectivity index (χ4n) is 1.69. The quantitative estimate of drug-likeness (QED) is 0.707. The minimum atomic E-state index is 0.519. The summed E-state index contributed by atoms with van der Waals surface area (Å²) in [4.78, 5) is 18.2. The van der Waals surface area contributed by atoms with E-state index in [1.165, 1.54) is 11.8 Å². The van der Waals surface area contributed by atoms with Gasteiger partial charge in [-0.25, -0.2) is 4.98 Å². The maximum atomic E-state index is 4.50. The highest BCUT2D eigenvalue weighted by Gasteiger charge is 2.08. The Balaban J connectivity index is 2.18. The number of nitrogens with zero attached hydrogens (tertiary/aromatic N) is 4. The first-order valence-electron chi connectivity index (χ1n) is 5.72. The van der Waals surface area contributed by atoms with Crippen LogP contribution in [0.3, 0.4) is 0 Å². The predicted octanol–water partition coefficient (Wildman–Crippen LogP) is 1.14. The van der Waals surface area contributed by atoms with Crippen molar-refractivity contribution in [2.24, 2.45) is 9.98 Å². The molecule has 0 amide bonds. The second kappa shape index (κ2) is 5.18. The zero-order valence-electron chi connectivity index (χ0n) is 10.1. The third kappa shape index (κ3) is 2.62. The summed E-state index contributed by atoms with van der Waals surface area (Å²) in [5, 5.41) is 1.60. The highest BCUT2D eigenvalue weighted by molar-refractivity contribution is 8.07. The molecule has 4 nitrogen and oxygen atoms in total. The molecule has 0 aromatic carbocycles. The first-order valence-corrected chi connectivity index (χ1v) is 6.54. The molecule has 2 aliphatic rings. The minimum absolute atomic E-state index is 0.519. The van der Waals surface area contributed by atoms with Gasteiger partial charge in [0.2, 0.25) is 0 Å². The van der Waals surface area contributed by atoms with Gasteiger partial charge in [0.15, 0.2) is 5.49 Å². The van der Waals surface area contributed by atoms with Crippen LogP contribution < -0.4 is 10.8 Å². The van der Waals surface area contributed by atoms with E-state index in [4.69, 9.17) is 0 Å². The number of aliphatic imine (C=N–C) groups is 1. The van der Waals surface area contributed by atoms with E-state index in [1.54, 1.807) is 18.5 Å². The lowest BCUT2D eigenvalue weighted by atomic mass is 10.2. The molecule has 92 valence electrons. The number of hydrogen-bond acceptors (Lipinski definition) is 5. The van der Waals surface area contributed by atoms with E-state index in [-0.39, 0.29) is 0 Å². The molecule has 2 aliphatic heterocycles. The zero-order valence-corrected chi connectivity index (χ0v) is 10.9. The van der Waals surface area contributed by atoms with Gasteiger partial charge in [0, 0.05) is 22.9 Å². The molecule has 0 saturated carbocycles. The molecule has 0 fully saturated rings. The molecule has 3 rings (SSSR count). The Kier molecular flexibility index (Phi) is 3.23. The minimum Gasteiger partial charge on any atom is -0.260 e. The second-order valence-corrected chi connectivity index (χ2v) is 5.01. The van der Waals surface area contributed by atoms with Crippen molar-refractivity contribution in [3.63, 3.8) is 0 Å². The van der Waals surface area contributed by atoms with E-state index in [1.807, 2.05) is 18.2 Å². The maximum Gasteiger partial charge on any atom is 0.173 e. The maximum absolute atomic E-state index is 4.50. The molecule has 5 heteroatoms. The number of thioether (sulfide) groups is 1. The SMILES string of the molecule is C=C1/C=c2/nccn/c2=N/CC2=C(N=C=CC=C2)S1. The summed E-state index contributed by atoms with van der Waals surface area (Å²) in [5.74, 6) is 2.86. The third-order valence-electron chi connectivity index (χ3n) is 2.54. The average Bonchev–Trinajstić information content (AvgIpc) is 2.59. The Labute approximate surface area is 114 Å². The van der Waals surface area contributed by atoms with Crippen molar-refractivity contribution in [2.45, 2.75) is 0 Å². The summed E-state index contributed by atoms with van der Waals surface area (Å²) in [7, 11) is 0. The highest BCUT2D eigenvalue weighted by atomic mass is 32.2. The van der Waals surface area contributed by atoms with Crippen LogP contribution in [0.25, 0.3) is 6.08 Å². The molecule has 0 bridgehead atoms. The summed E-state index contributed by atoms with van der Waals surface area (Å²) >= 11 is 1.50. The Bertz CT molecular complexity index is 780. The van der Waals surface area contributed by atoms with Crippen LogP contribution in [-0.4, -0.2) is 22.4 Å². The van der Waals surface area contributed by atoms with Gasteiger partial charge in [-0.1, -0.05) is 30.5 Å². The van der Waals surface area contributed by atoms with Gasteiger partial charge in [-0.05, 0) is 18.0 Å². The average molecular weight is 266 g/mol. The largest absolute Gasteiger partial charge is 0.260 e. The van der Waals surface area contributed by atoms with Crippen molar-refractivity contribution < 1.29 is 0 Å². The fourth-order valence-corrected chi connectivity index (χ4v) is 2.47. The highest BCUT2D eigenvalue weighted by Crippen LogP contribution is 2.30. The third-order valence-corrected chi connectivity index (χ3v) is 3.47. The van der Waals surface area contributed by atoms with Crippen molar-refractivity contribution in [3.05, 3.63) is 63.5 Å². The molecular weight excluding hydrogens is 256 g/mol. The van der Waals surface area contributed by atoms with E-state index in [9.17, 15) is 0 Å². The van der Waals surface area contributed by atoms with Crippen molar-refractivity contribution in [1.29, 1.82) is 0 Å². The molecule has 3 heterocycles. The molecule has 0 spiro atoms. The van der Waals surface area contributed by atoms with Crippen LogP contribution >= 0.6 is 11.8 Å². The molecule has 1 aromatic heterocycles. The topological polar surface area (TPSA) is 50.5 Å². The van der Waals surface area contributed by atoms with E-state index in [2.05, 4.69) is 32.4 Å². The van der Waals surface area contributed by atoms with E-state index < -0.39 is 0 Å². The molecule has 0 aliphatic carbocycles. The van der Waals surface area contributed by atoms with Crippen LogP contribution in [-0.2, 0) is 0 Å². The van der Waals surface area contributed by atoms with Gasteiger partial charge in [0.05, 0.1) is 6.54 Å². The van der Waals surface area contributed by atoms with Gasteiger partial charge in [0.25, 0.3) is 0 Å². The van der Waals surface area contributed by atoms with Crippen LogP contribution in [0.1, 0.15) is 0 Å². The number of rotatable bonds is 0. The van der Waals surface area contributed by atoms with E-state index in [0.29, 0.717) is 12.0 Å². The van der Waals surface area contributed by atoms with Crippen LogP contribution in [0.5, 0.6) is 0 Å². The number of allylic oxidation sites excluding steroid dienone is 3. The van der Waals surface area contributed by atoms with Crippen LogP contribution in [0.4, 0.5) is 0 Å². The molecule has 0 radical (unpaired) electrons. The van der Waals surface area contributed by atoms with Gasteiger partial charge in [-0.3, -0.25) is 9.98 Å². The van der Waals surface area contributed by atoms with Gasteiger partial charge in [-0.2, -0.15) is 4.99 Å². The fraction of sp³-hybridized carbons (Fsp3) is 0.0714. The molecule has 19 heavy (non-hydrogen) atoms. The second-order valence-electron chi connectivity index (χ2n) is 3.89. The number of hydrogen-bond donors (Lipinski definition) is 0. The Morgan fingerprint density at radius 1 is 1.26 bits per heavy atom. The van der Waals surface area contributed by atoms with Crippen LogP contribution in [0.15, 0.2) is 62.7 Å². The Hall–Kier alpha value is -2.23. The van der Waals surface area contributed by atoms with Gasteiger partial charge < -0.3 is 0 Å². The smallest absolute Gasteiger partial charge is 0.173 e. The molecule has 0 atom stereocenters. The molecule has 0 saturated heterocycles. The standard InChI is InChI=1S/C14H10N4S/c1-10-8-12-13(16-7-6-15-12)18-9-11-4-2-3-5-17-14(11)19-10/h2-4,6-8H,1,9H2/b12-8+,18-13+. The first kappa shape index (κ1) is 11.8. The summed E-state index contributed by atoms with van der Waals surface area (Å²) in [6.45, 7) is 4.54. The lowest BCUT2D eigenvalue weighted by molar-refractivity contribution is 0.971. The van der Waals surface area contributed by atoms with Crippen molar-refractivity contribution in [3.8, 4) is 0 Å².